The number of halogens is 5. The van der Waals surface area contributed by atoms with Crippen molar-refractivity contribution in [3.63, 3.8) is 0 Å². The molecule has 2 saturated carbocycles. The van der Waals surface area contributed by atoms with Crippen molar-refractivity contribution in [2.75, 3.05) is 0 Å². The van der Waals surface area contributed by atoms with Crippen LogP contribution in [0.1, 0.15) is 81.8 Å². The van der Waals surface area contributed by atoms with E-state index in [1.807, 2.05) is 0 Å². The third-order valence-corrected chi connectivity index (χ3v) is 7.50. The molecule has 2 aromatic carbocycles. The van der Waals surface area contributed by atoms with Gasteiger partial charge in [0, 0.05) is 0 Å². The second kappa shape index (κ2) is 8.47. The molecule has 0 saturated heterocycles. The minimum atomic E-state index is -4.84. The summed E-state index contributed by atoms with van der Waals surface area (Å²) in [7, 11) is 0. The fourth-order valence-corrected chi connectivity index (χ4v) is 6.02. The zero-order chi connectivity index (χ0) is 21.5. The third kappa shape index (κ3) is 4.09. The van der Waals surface area contributed by atoms with E-state index in [-0.39, 0.29) is 16.9 Å². The van der Waals surface area contributed by atoms with Gasteiger partial charge in [-0.3, -0.25) is 0 Å². The predicted octanol–water partition coefficient (Wildman–Crippen LogP) is 8.63. The molecule has 0 N–H and O–H groups in total. The first-order valence-corrected chi connectivity index (χ1v) is 11.3. The quantitative estimate of drug-likeness (QED) is 0.431. The average molecular weight is 424 g/mol. The zero-order valence-electron chi connectivity index (χ0n) is 17.4. The van der Waals surface area contributed by atoms with E-state index in [4.69, 9.17) is 0 Å². The summed E-state index contributed by atoms with van der Waals surface area (Å²) in [6.07, 6.45) is 4.46. The summed E-state index contributed by atoms with van der Waals surface area (Å²) in [6, 6.07) is 5.31. The van der Waals surface area contributed by atoms with E-state index in [9.17, 15) is 22.0 Å². The highest BCUT2D eigenvalue weighted by Gasteiger charge is 2.42. The molecular weight excluding hydrogens is 395 g/mol. The largest absolute Gasteiger partial charge is 0.419 e. The molecule has 0 nitrogen and oxygen atoms in total. The Morgan fingerprint density at radius 2 is 1.70 bits per heavy atom. The van der Waals surface area contributed by atoms with Crippen molar-refractivity contribution in [1.82, 2.24) is 0 Å². The van der Waals surface area contributed by atoms with Crippen molar-refractivity contribution in [2.45, 2.75) is 76.8 Å². The molecule has 0 bridgehead atoms. The Morgan fingerprint density at radius 3 is 2.43 bits per heavy atom. The van der Waals surface area contributed by atoms with Crippen LogP contribution in [-0.4, -0.2) is 0 Å². The summed E-state index contributed by atoms with van der Waals surface area (Å²) in [6.45, 7) is 2.20. The minimum Gasteiger partial charge on any atom is -0.206 e. The van der Waals surface area contributed by atoms with E-state index >= 15 is 0 Å². The second-order valence-electron chi connectivity index (χ2n) is 9.34. The highest BCUT2D eigenvalue weighted by molar-refractivity contribution is 5.86. The van der Waals surface area contributed by atoms with Crippen molar-refractivity contribution in [3.05, 3.63) is 47.0 Å². The highest BCUT2D eigenvalue weighted by atomic mass is 19.4. The Morgan fingerprint density at radius 1 is 0.967 bits per heavy atom. The zero-order valence-corrected chi connectivity index (χ0v) is 17.4. The Labute approximate surface area is 174 Å². The molecule has 0 heterocycles. The Kier molecular flexibility index (Phi) is 6.09. The molecule has 0 aliphatic heterocycles. The first-order chi connectivity index (χ1) is 14.3. The summed E-state index contributed by atoms with van der Waals surface area (Å²) < 4.78 is 70.7. The lowest BCUT2D eigenvalue weighted by Crippen LogP contribution is -2.31. The van der Waals surface area contributed by atoms with Gasteiger partial charge in [0.15, 0.2) is 0 Å². The van der Waals surface area contributed by atoms with E-state index in [1.54, 1.807) is 0 Å². The highest BCUT2D eigenvalue weighted by Crippen LogP contribution is 2.51. The van der Waals surface area contributed by atoms with E-state index in [2.05, 4.69) is 6.92 Å². The lowest BCUT2D eigenvalue weighted by molar-refractivity contribution is -0.140. The maximum absolute atomic E-state index is 15.0. The van der Waals surface area contributed by atoms with Crippen LogP contribution in [0, 0.1) is 29.4 Å². The molecule has 2 aliphatic carbocycles. The monoisotopic (exact) mass is 424 g/mol. The number of rotatable bonds is 4. The first kappa shape index (κ1) is 21.6. The van der Waals surface area contributed by atoms with Gasteiger partial charge in [-0.05, 0) is 78.9 Å². The van der Waals surface area contributed by atoms with Crippen molar-refractivity contribution in [3.8, 4) is 0 Å². The number of alkyl halides is 3. The molecule has 30 heavy (non-hydrogen) atoms. The summed E-state index contributed by atoms with van der Waals surface area (Å²) in [5.74, 6) is -0.996. The van der Waals surface area contributed by atoms with Crippen LogP contribution in [0.5, 0.6) is 0 Å². The van der Waals surface area contributed by atoms with Gasteiger partial charge >= 0.3 is 6.18 Å². The average Bonchev–Trinajstić information content (AvgIpc) is 2.70. The molecule has 2 aliphatic rings. The maximum atomic E-state index is 15.0. The smallest absolute Gasteiger partial charge is 0.206 e. The molecule has 2 unspecified atom stereocenters. The van der Waals surface area contributed by atoms with Crippen molar-refractivity contribution in [2.24, 2.45) is 17.8 Å². The maximum Gasteiger partial charge on any atom is 0.419 e. The lowest BCUT2D eigenvalue weighted by Gasteiger charge is -2.43. The molecule has 5 heteroatoms. The molecule has 0 spiro atoms. The van der Waals surface area contributed by atoms with Gasteiger partial charge in [-0.25, -0.2) is 8.78 Å². The SMILES string of the molecule is CCCC[C@@H]1CC[C@@H]2CC(c3cc4cccc(F)c4c(F)c3C(F)(F)F)CCC2C1. The predicted molar refractivity (Wildman–Crippen MR) is 109 cm³/mol. The van der Waals surface area contributed by atoms with Crippen molar-refractivity contribution < 1.29 is 22.0 Å². The standard InChI is InChI=1S/C25H29F5/c1-2-3-5-15-8-9-17-13-18(11-10-16(17)12-15)20-14-19-6-4-7-21(26)22(19)24(27)23(20)25(28,29)30/h4,6-7,14-18H,2-3,5,8-13H2,1H3/t15-,16?,17-,18?/m1/s1. The molecule has 0 radical (unpaired) electrons. The van der Waals surface area contributed by atoms with E-state index in [1.165, 1.54) is 43.9 Å². The van der Waals surface area contributed by atoms with E-state index < -0.39 is 28.8 Å². The van der Waals surface area contributed by atoms with E-state index in [0.29, 0.717) is 24.7 Å². The fourth-order valence-electron chi connectivity index (χ4n) is 6.02. The summed E-state index contributed by atoms with van der Waals surface area (Å²) in [5, 5.41) is -0.348. The van der Waals surface area contributed by atoms with Gasteiger partial charge < -0.3 is 0 Å². The molecular formula is C25H29F5. The number of hydrogen-bond donors (Lipinski definition) is 0. The Balaban J connectivity index is 1.64. The molecule has 0 aromatic heterocycles. The van der Waals surface area contributed by atoms with Crippen LogP contribution in [0.25, 0.3) is 10.8 Å². The van der Waals surface area contributed by atoms with Gasteiger partial charge in [0.2, 0.25) is 0 Å². The molecule has 0 amide bonds. The Bertz CT molecular complexity index is 901. The summed E-state index contributed by atoms with van der Waals surface area (Å²) in [5.41, 5.74) is -1.25. The molecule has 4 atom stereocenters. The Hall–Kier alpha value is -1.65. The lowest BCUT2D eigenvalue weighted by atomic mass is 9.63. The normalized spacial score (nSPS) is 27.3. The van der Waals surface area contributed by atoms with E-state index in [0.717, 1.165) is 31.2 Å². The van der Waals surface area contributed by atoms with Crippen LogP contribution in [0.15, 0.2) is 24.3 Å². The molecule has 4 rings (SSSR count). The minimum absolute atomic E-state index is 0.0182. The van der Waals surface area contributed by atoms with Gasteiger partial charge in [0.1, 0.15) is 11.6 Å². The number of hydrogen-bond acceptors (Lipinski definition) is 0. The first-order valence-electron chi connectivity index (χ1n) is 11.3. The molecule has 2 aromatic rings. The van der Waals surface area contributed by atoms with Crippen LogP contribution in [0.2, 0.25) is 0 Å². The van der Waals surface area contributed by atoms with Crippen LogP contribution in [0.4, 0.5) is 22.0 Å². The third-order valence-electron chi connectivity index (χ3n) is 7.50. The van der Waals surface area contributed by atoms with Crippen LogP contribution in [0.3, 0.4) is 0 Å². The van der Waals surface area contributed by atoms with Gasteiger partial charge in [0.25, 0.3) is 0 Å². The number of unbranched alkanes of at least 4 members (excludes halogenated alkanes) is 1. The van der Waals surface area contributed by atoms with Crippen LogP contribution < -0.4 is 0 Å². The van der Waals surface area contributed by atoms with Crippen molar-refractivity contribution >= 4 is 10.8 Å². The fraction of sp³-hybridized carbons (Fsp3) is 0.600. The van der Waals surface area contributed by atoms with Gasteiger partial charge in [-0.2, -0.15) is 13.2 Å². The van der Waals surface area contributed by atoms with Gasteiger partial charge in [-0.15, -0.1) is 0 Å². The number of fused-ring (bicyclic) bond motifs is 2. The topological polar surface area (TPSA) is 0 Å². The number of benzene rings is 2. The van der Waals surface area contributed by atoms with Crippen LogP contribution in [-0.2, 0) is 6.18 Å². The van der Waals surface area contributed by atoms with Crippen LogP contribution >= 0.6 is 0 Å². The second-order valence-corrected chi connectivity index (χ2v) is 9.34. The molecule has 2 fully saturated rings. The molecule has 164 valence electrons. The summed E-state index contributed by atoms with van der Waals surface area (Å²) in [4.78, 5) is 0. The summed E-state index contributed by atoms with van der Waals surface area (Å²) >= 11 is 0. The van der Waals surface area contributed by atoms with Gasteiger partial charge in [0.05, 0.1) is 10.9 Å². The van der Waals surface area contributed by atoms with Crippen molar-refractivity contribution in [1.29, 1.82) is 0 Å². The van der Waals surface area contributed by atoms with Gasteiger partial charge in [-0.1, -0.05) is 44.7 Å².